The second-order valence-corrected chi connectivity index (χ2v) is 14.2. The van der Waals surface area contributed by atoms with Crippen LogP contribution in [0.15, 0.2) is 48.5 Å². The Morgan fingerprint density at radius 3 is 2.05 bits per heavy atom. The molecule has 1 atom stereocenters. The van der Waals surface area contributed by atoms with E-state index >= 15 is 0 Å². The molecule has 0 spiro atoms. The van der Waals surface area contributed by atoms with E-state index < -0.39 is 22.0 Å². The van der Waals surface area contributed by atoms with Crippen molar-refractivity contribution >= 4 is 27.5 Å². The van der Waals surface area contributed by atoms with Crippen LogP contribution in [-0.4, -0.2) is 51.0 Å². The summed E-state index contributed by atoms with van der Waals surface area (Å²) in [5.41, 5.74) is 3.90. The minimum atomic E-state index is -3.75. The summed E-state index contributed by atoms with van der Waals surface area (Å²) in [4.78, 5) is 27.7. The zero-order chi connectivity index (χ0) is 27.9. The molecule has 2 aromatic carbocycles. The van der Waals surface area contributed by atoms with Gasteiger partial charge in [-0.1, -0.05) is 36.4 Å². The van der Waals surface area contributed by atoms with Gasteiger partial charge < -0.3 is 10.2 Å². The number of likely N-dealkylation sites (N-methyl/N-ethyl adjacent to an activating group) is 1. The number of aryl methyl sites for hydroxylation is 1. The number of hydrogen-bond donors (Lipinski definition) is 1. The maximum atomic E-state index is 13.7. The first-order valence-corrected chi connectivity index (χ1v) is 16.0. The van der Waals surface area contributed by atoms with Crippen LogP contribution in [0, 0.1) is 24.7 Å². The number of rotatable bonds is 9. The Morgan fingerprint density at radius 2 is 1.54 bits per heavy atom. The van der Waals surface area contributed by atoms with E-state index in [0.29, 0.717) is 5.69 Å². The molecule has 7 nitrogen and oxygen atoms in total. The number of sulfonamides is 1. The maximum Gasteiger partial charge on any atom is 0.244 e. The molecule has 4 saturated carbocycles. The zero-order valence-electron chi connectivity index (χ0n) is 23.5. The van der Waals surface area contributed by atoms with Gasteiger partial charge >= 0.3 is 0 Å². The van der Waals surface area contributed by atoms with Gasteiger partial charge in [-0.15, -0.1) is 0 Å². The molecule has 0 heterocycles. The van der Waals surface area contributed by atoms with Crippen molar-refractivity contribution in [1.29, 1.82) is 0 Å². The number of carbonyl (C=O) groups is 2. The summed E-state index contributed by atoms with van der Waals surface area (Å²) in [7, 11) is -2.22. The first-order chi connectivity index (χ1) is 18.5. The summed E-state index contributed by atoms with van der Waals surface area (Å²) in [6.07, 6.45) is 8.94. The van der Waals surface area contributed by atoms with Crippen LogP contribution in [-0.2, 0) is 31.6 Å². The van der Waals surface area contributed by atoms with Crippen molar-refractivity contribution in [3.63, 3.8) is 0 Å². The van der Waals surface area contributed by atoms with Crippen LogP contribution in [0.3, 0.4) is 0 Å². The number of nitrogens with one attached hydrogen (secondary N) is 1. The molecule has 4 aliphatic rings. The predicted octanol–water partition coefficient (Wildman–Crippen LogP) is 4.39. The molecule has 39 heavy (non-hydrogen) atoms. The number of nitrogens with zero attached hydrogens (tertiary/aromatic N) is 2. The molecule has 2 amide bonds. The van der Waals surface area contributed by atoms with E-state index in [-0.39, 0.29) is 24.4 Å². The quantitative estimate of drug-likeness (QED) is 0.501. The highest BCUT2D eigenvalue weighted by molar-refractivity contribution is 7.92. The number of carbonyl (C=O) groups excluding carboxylic acids is 2. The molecule has 4 bridgehead atoms. The number of anilines is 1. The molecular weight excluding hydrogens is 510 g/mol. The monoisotopic (exact) mass is 551 g/mol. The van der Waals surface area contributed by atoms with Crippen LogP contribution in [0.2, 0.25) is 0 Å². The Hall–Kier alpha value is -2.87. The lowest BCUT2D eigenvalue weighted by Gasteiger charge is -2.57. The summed E-state index contributed by atoms with van der Waals surface area (Å²) >= 11 is 0. The second kappa shape index (κ2) is 10.6. The lowest BCUT2D eigenvalue weighted by atomic mass is 9.48. The third-order valence-electron chi connectivity index (χ3n) is 9.50. The molecule has 4 fully saturated rings. The summed E-state index contributed by atoms with van der Waals surface area (Å²) in [6, 6.07) is 14.8. The van der Waals surface area contributed by atoms with Crippen LogP contribution in [0.1, 0.15) is 62.1 Å². The minimum absolute atomic E-state index is 0.211. The average Bonchev–Trinajstić information content (AvgIpc) is 2.89. The highest BCUT2D eigenvalue weighted by atomic mass is 32.2. The van der Waals surface area contributed by atoms with Crippen molar-refractivity contribution < 1.29 is 18.0 Å². The summed E-state index contributed by atoms with van der Waals surface area (Å²) < 4.78 is 27.1. The highest BCUT2D eigenvalue weighted by Gasteiger charge is 2.51. The number of hydrogen-bond acceptors (Lipinski definition) is 4. The lowest BCUT2D eigenvalue weighted by molar-refractivity contribution is -0.139. The zero-order valence-corrected chi connectivity index (χ0v) is 24.3. The molecule has 0 aliphatic heterocycles. The lowest BCUT2D eigenvalue weighted by Crippen LogP contribution is -2.50. The van der Waals surface area contributed by atoms with Crippen molar-refractivity contribution in [1.82, 2.24) is 10.2 Å². The molecule has 1 N–H and O–H groups in total. The van der Waals surface area contributed by atoms with Gasteiger partial charge in [0.2, 0.25) is 21.8 Å². The fourth-order valence-electron chi connectivity index (χ4n) is 7.82. The third-order valence-corrected chi connectivity index (χ3v) is 10.6. The Balaban J connectivity index is 1.39. The van der Waals surface area contributed by atoms with Gasteiger partial charge in [-0.2, -0.15) is 0 Å². The van der Waals surface area contributed by atoms with Crippen LogP contribution in [0.5, 0.6) is 0 Å². The standard InChI is InChI=1S/C31H41N3O4S/c1-21-7-5-6-8-26(21)19-33(22(2)30(36)32-3)29(35)20-34(39(4,37)38)28-11-9-27(10-12-28)31-16-23-13-24(17-31)15-25(14-23)18-31/h5-12,22-25H,13-20H2,1-4H3,(H,32,36)/t22-,23?,24?,25?,31?/m1/s1. The molecule has 2 aromatic rings. The largest absolute Gasteiger partial charge is 0.357 e. The summed E-state index contributed by atoms with van der Waals surface area (Å²) in [5.74, 6) is 1.74. The van der Waals surface area contributed by atoms with E-state index in [1.54, 1.807) is 6.92 Å². The van der Waals surface area contributed by atoms with Gasteiger partial charge in [0, 0.05) is 13.6 Å². The molecule has 0 aromatic heterocycles. The molecular formula is C31H41N3O4S. The van der Waals surface area contributed by atoms with Gasteiger partial charge in [0.05, 0.1) is 11.9 Å². The van der Waals surface area contributed by atoms with Gasteiger partial charge in [-0.3, -0.25) is 13.9 Å². The molecule has 0 radical (unpaired) electrons. The third kappa shape index (κ3) is 5.58. The topological polar surface area (TPSA) is 86.8 Å². The smallest absolute Gasteiger partial charge is 0.244 e. The van der Waals surface area contributed by atoms with Crippen LogP contribution in [0.25, 0.3) is 0 Å². The molecule has 8 heteroatoms. The van der Waals surface area contributed by atoms with Gasteiger partial charge in [0.1, 0.15) is 12.6 Å². The van der Waals surface area contributed by atoms with Gasteiger partial charge in [0.15, 0.2) is 0 Å². The maximum absolute atomic E-state index is 13.7. The normalized spacial score (nSPS) is 26.2. The van der Waals surface area contributed by atoms with Gasteiger partial charge in [-0.05, 0) is 104 Å². The van der Waals surface area contributed by atoms with Crippen molar-refractivity contribution in [2.24, 2.45) is 17.8 Å². The van der Waals surface area contributed by atoms with E-state index in [2.05, 4.69) is 17.4 Å². The van der Waals surface area contributed by atoms with Crippen LogP contribution < -0.4 is 9.62 Å². The Bertz CT molecular complexity index is 1300. The second-order valence-electron chi connectivity index (χ2n) is 12.3. The van der Waals surface area contributed by atoms with E-state index in [1.165, 1.54) is 60.3 Å². The van der Waals surface area contributed by atoms with Gasteiger partial charge in [-0.25, -0.2) is 8.42 Å². The fourth-order valence-corrected chi connectivity index (χ4v) is 8.67. The summed E-state index contributed by atoms with van der Waals surface area (Å²) in [5, 5.41) is 2.61. The van der Waals surface area contributed by atoms with E-state index in [4.69, 9.17) is 0 Å². The van der Waals surface area contributed by atoms with E-state index in [9.17, 15) is 18.0 Å². The minimum Gasteiger partial charge on any atom is -0.357 e. The van der Waals surface area contributed by atoms with Crippen molar-refractivity contribution in [2.75, 3.05) is 24.2 Å². The number of benzene rings is 2. The van der Waals surface area contributed by atoms with Crippen molar-refractivity contribution in [3.8, 4) is 0 Å². The molecule has 4 aliphatic carbocycles. The van der Waals surface area contributed by atoms with Crippen molar-refractivity contribution in [2.45, 2.75) is 70.4 Å². The average molecular weight is 552 g/mol. The molecule has 210 valence electrons. The molecule has 6 rings (SSSR count). The Labute approximate surface area is 233 Å². The number of amides is 2. The van der Waals surface area contributed by atoms with E-state index in [1.807, 2.05) is 43.3 Å². The van der Waals surface area contributed by atoms with Crippen LogP contribution >= 0.6 is 0 Å². The molecule has 0 unspecified atom stereocenters. The van der Waals surface area contributed by atoms with Crippen LogP contribution in [0.4, 0.5) is 5.69 Å². The Kier molecular flexibility index (Phi) is 7.53. The first-order valence-electron chi connectivity index (χ1n) is 14.1. The SMILES string of the molecule is CNC(=O)[C@@H](C)N(Cc1ccccc1C)C(=O)CN(c1ccc(C23CC4CC(CC(C4)C2)C3)cc1)S(C)(=O)=O. The van der Waals surface area contributed by atoms with Gasteiger partial charge in [0.25, 0.3) is 0 Å². The Morgan fingerprint density at radius 1 is 0.974 bits per heavy atom. The van der Waals surface area contributed by atoms with E-state index in [0.717, 1.165) is 35.1 Å². The fraction of sp³-hybridized carbons (Fsp3) is 0.548. The predicted molar refractivity (Wildman–Crippen MR) is 154 cm³/mol. The summed E-state index contributed by atoms with van der Waals surface area (Å²) in [6.45, 7) is 3.46. The molecule has 0 saturated heterocycles. The van der Waals surface area contributed by atoms with Crippen molar-refractivity contribution in [3.05, 3.63) is 65.2 Å². The highest BCUT2D eigenvalue weighted by Crippen LogP contribution is 2.60. The first kappa shape index (κ1) is 27.7.